The summed E-state index contributed by atoms with van der Waals surface area (Å²) < 4.78 is 81.5. The van der Waals surface area contributed by atoms with Crippen molar-refractivity contribution >= 4 is 11.8 Å². The summed E-state index contributed by atoms with van der Waals surface area (Å²) >= 11 is 0. The van der Waals surface area contributed by atoms with E-state index in [-0.39, 0.29) is 23.6 Å². The number of nitrogens with zero attached hydrogens (tertiary/aromatic N) is 2. The first-order valence-corrected chi connectivity index (χ1v) is 10.3. The highest BCUT2D eigenvalue weighted by atomic mass is 19.4. The Labute approximate surface area is 194 Å². The fraction of sp³-hybridized carbons (Fsp3) is 0.261. The van der Waals surface area contributed by atoms with E-state index in [2.05, 4.69) is 20.0 Å². The number of rotatable bonds is 7. The Morgan fingerprint density at radius 1 is 1.03 bits per heavy atom. The monoisotopic (exact) mass is 497 g/mol. The summed E-state index contributed by atoms with van der Waals surface area (Å²) in [5.74, 6) is -1.74. The van der Waals surface area contributed by atoms with Crippen LogP contribution in [-0.2, 0) is 17.5 Å². The molecule has 0 amide bonds. The zero-order chi connectivity index (χ0) is 25.4. The SMILES string of the molecule is O=C(O)C1C[C@@H]1c1cnc(NCc2ccc(C(F)(F)F)c(-c3ccc(OC(F)(F)F)cc3)c2)cn1. The average molecular weight is 497 g/mol. The lowest BCUT2D eigenvalue weighted by molar-refractivity contribution is -0.274. The Morgan fingerprint density at radius 3 is 2.29 bits per heavy atom. The molecule has 2 N–H and O–H groups in total. The van der Waals surface area contributed by atoms with E-state index in [1.54, 1.807) is 0 Å². The second kappa shape index (κ2) is 9.08. The fourth-order valence-electron chi connectivity index (χ4n) is 3.63. The third-order valence-corrected chi connectivity index (χ3v) is 5.42. The first-order chi connectivity index (χ1) is 16.4. The van der Waals surface area contributed by atoms with E-state index < -0.39 is 35.7 Å². The number of aliphatic carboxylic acids is 1. The molecule has 12 heteroatoms. The van der Waals surface area contributed by atoms with Crippen LogP contribution in [-0.4, -0.2) is 27.4 Å². The number of carboxylic acid groups (broad SMARTS) is 1. The van der Waals surface area contributed by atoms with E-state index >= 15 is 0 Å². The van der Waals surface area contributed by atoms with Gasteiger partial charge in [0.25, 0.3) is 0 Å². The zero-order valence-corrected chi connectivity index (χ0v) is 17.7. The van der Waals surface area contributed by atoms with E-state index in [1.807, 2.05) is 0 Å². The van der Waals surface area contributed by atoms with Gasteiger partial charge in [-0.25, -0.2) is 4.98 Å². The van der Waals surface area contributed by atoms with Gasteiger partial charge in [0.1, 0.15) is 11.6 Å². The molecule has 1 fully saturated rings. The van der Waals surface area contributed by atoms with Crippen LogP contribution in [0.5, 0.6) is 5.75 Å². The van der Waals surface area contributed by atoms with Gasteiger partial charge in [-0.1, -0.05) is 18.2 Å². The molecule has 0 bridgehead atoms. The molecule has 4 rings (SSSR count). The van der Waals surface area contributed by atoms with Crippen molar-refractivity contribution in [2.45, 2.75) is 31.4 Å². The van der Waals surface area contributed by atoms with Gasteiger partial charge in [0.2, 0.25) is 0 Å². The van der Waals surface area contributed by atoms with Gasteiger partial charge in [-0.3, -0.25) is 9.78 Å². The molecule has 6 nitrogen and oxygen atoms in total. The summed E-state index contributed by atoms with van der Waals surface area (Å²) in [6, 6.07) is 7.60. The minimum Gasteiger partial charge on any atom is -0.481 e. The molecule has 1 saturated carbocycles. The lowest BCUT2D eigenvalue weighted by Crippen LogP contribution is -2.17. The van der Waals surface area contributed by atoms with E-state index in [0.29, 0.717) is 23.5 Å². The molecule has 184 valence electrons. The number of aromatic nitrogens is 2. The summed E-state index contributed by atoms with van der Waals surface area (Å²) in [5, 5.41) is 11.9. The van der Waals surface area contributed by atoms with Crippen molar-refractivity contribution in [3.63, 3.8) is 0 Å². The highest BCUT2D eigenvalue weighted by Gasteiger charge is 2.45. The minimum atomic E-state index is -4.91. The summed E-state index contributed by atoms with van der Waals surface area (Å²) in [4.78, 5) is 19.4. The highest BCUT2D eigenvalue weighted by molar-refractivity contribution is 5.75. The number of benzene rings is 2. The third-order valence-electron chi connectivity index (χ3n) is 5.42. The van der Waals surface area contributed by atoms with Crippen molar-refractivity contribution in [3.8, 4) is 16.9 Å². The zero-order valence-electron chi connectivity index (χ0n) is 17.7. The van der Waals surface area contributed by atoms with Crippen LogP contribution in [0, 0.1) is 5.92 Å². The molecule has 0 radical (unpaired) electrons. The van der Waals surface area contributed by atoms with Crippen LogP contribution in [0.2, 0.25) is 0 Å². The lowest BCUT2D eigenvalue weighted by Gasteiger charge is -2.16. The first kappa shape index (κ1) is 24.3. The van der Waals surface area contributed by atoms with Gasteiger partial charge in [0.05, 0.1) is 29.6 Å². The van der Waals surface area contributed by atoms with Crippen molar-refractivity contribution in [2.24, 2.45) is 5.92 Å². The molecule has 2 aromatic carbocycles. The lowest BCUT2D eigenvalue weighted by atomic mass is 9.96. The fourth-order valence-corrected chi connectivity index (χ4v) is 3.63. The molecule has 35 heavy (non-hydrogen) atoms. The van der Waals surface area contributed by atoms with Crippen LogP contribution in [0.15, 0.2) is 54.9 Å². The number of ether oxygens (including phenoxy) is 1. The van der Waals surface area contributed by atoms with Gasteiger partial charge in [-0.2, -0.15) is 13.2 Å². The van der Waals surface area contributed by atoms with Gasteiger partial charge in [-0.15, -0.1) is 13.2 Å². The Kier molecular flexibility index (Phi) is 6.30. The number of halogens is 6. The molecular weight excluding hydrogens is 480 g/mol. The van der Waals surface area contributed by atoms with Crippen LogP contribution in [0.3, 0.4) is 0 Å². The van der Waals surface area contributed by atoms with E-state index in [9.17, 15) is 31.1 Å². The first-order valence-electron chi connectivity index (χ1n) is 10.3. The molecule has 0 aliphatic heterocycles. The molecule has 1 aromatic heterocycles. The number of nitrogens with one attached hydrogen (secondary N) is 1. The molecule has 1 aliphatic rings. The molecular formula is C23H17F6N3O3. The molecule has 0 spiro atoms. The largest absolute Gasteiger partial charge is 0.573 e. The normalized spacial score (nSPS) is 17.7. The molecule has 0 saturated heterocycles. The topological polar surface area (TPSA) is 84.3 Å². The predicted octanol–water partition coefficient (Wildman–Crippen LogP) is 5.86. The number of alkyl halides is 6. The Balaban J connectivity index is 1.50. The summed E-state index contributed by atoms with van der Waals surface area (Å²) in [6.07, 6.45) is -6.23. The number of hydrogen-bond donors (Lipinski definition) is 2. The smallest absolute Gasteiger partial charge is 0.481 e. The minimum absolute atomic E-state index is 0.0651. The van der Waals surface area contributed by atoms with Crippen molar-refractivity contribution in [1.29, 1.82) is 0 Å². The summed E-state index contributed by atoms with van der Waals surface area (Å²) in [6.45, 7) is 0.0929. The van der Waals surface area contributed by atoms with Crippen molar-refractivity contribution in [3.05, 3.63) is 71.7 Å². The quantitative estimate of drug-likeness (QED) is 0.398. The summed E-state index contributed by atoms with van der Waals surface area (Å²) in [5.41, 5.74) is -0.0619. The van der Waals surface area contributed by atoms with Crippen molar-refractivity contribution < 1.29 is 41.0 Å². The Morgan fingerprint density at radius 2 is 1.74 bits per heavy atom. The van der Waals surface area contributed by atoms with Gasteiger partial charge >= 0.3 is 18.5 Å². The van der Waals surface area contributed by atoms with Gasteiger partial charge in [0.15, 0.2) is 0 Å². The van der Waals surface area contributed by atoms with Crippen LogP contribution < -0.4 is 10.1 Å². The van der Waals surface area contributed by atoms with E-state index in [1.165, 1.54) is 24.5 Å². The van der Waals surface area contributed by atoms with Crippen molar-refractivity contribution in [1.82, 2.24) is 9.97 Å². The van der Waals surface area contributed by atoms with Gasteiger partial charge < -0.3 is 15.2 Å². The molecule has 2 atom stereocenters. The number of anilines is 1. The standard InChI is InChI=1S/C23H17F6N3O3/c24-22(25,26)18-6-1-12(7-15(18)13-2-4-14(5-3-13)35-23(27,28)29)9-31-20-11-30-19(10-32-20)16-8-17(16)21(33)34/h1-7,10-11,16-17H,8-9H2,(H,31,32)(H,33,34)/t16-,17?/m0/s1. The molecule has 1 unspecified atom stereocenters. The van der Waals surface area contributed by atoms with Crippen molar-refractivity contribution in [2.75, 3.05) is 5.32 Å². The maximum atomic E-state index is 13.6. The van der Waals surface area contributed by atoms with Gasteiger partial charge in [-0.05, 0) is 47.4 Å². The van der Waals surface area contributed by atoms with Crippen LogP contribution in [0.4, 0.5) is 32.2 Å². The molecule has 3 aromatic rings. The van der Waals surface area contributed by atoms with E-state index in [4.69, 9.17) is 5.11 Å². The maximum Gasteiger partial charge on any atom is 0.573 e. The molecule has 1 heterocycles. The second-order valence-electron chi connectivity index (χ2n) is 7.92. The third kappa shape index (κ3) is 6.00. The Bertz CT molecular complexity index is 1210. The summed E-state index contributed by atoms with van der Waals surface area (Å²) in [7, 11) is 0. The van der Waals surface area contributed by atoms with Gasteiger partial charge in [0, 0.05) is 12.5 Å². The van der Waals surface area contributed by atoms with Crippen LogP contribution in [0.25, 0.3) is 11.1 Å². The average Bonchev–Trinajstić information content (AvgIpc) is 3.58. The van der Waals surface area contributed by atoms with Crippen LogP contribution >= 0.6 is 0 Å². The maximum absolute atomic E-state index is 13.6. The predicted molar refractivity (Wildman–Crippen MR) is 111 cm³/mol. The Hall–Kier alpha value is -3.83. The second-order valence-corrected chi connectivity index (χ2v) is 7.92. The highest BCUT2D eigenvalue weighted by Crippen LogP contribution is 2.46. The number of hydrogen-bond acceptors (Lipinski definition) is 5. The molecule has 1 aliphatic carbocycles. The van der Waals surface area contributed by atoms with Crippen LogP contribution in [0.1, 0.15) is 29.2 Å². The number of carboxylic acids is 1. The number of carbonyl (C=O) groups is 1. The van der Waals surface area contributed by atoms with E-state index in [0.717, 1.165) is 30.3 Å².